The molecular formula is C14H23N3. The molecule has 0 amide bonds. The maximum Gasteiger partial charge on any atom is 0.0745 e. The minimum atomic E-state index is 0.437. The summed E-state index contributed by atoms with van der Waals surface area (Å²) in [6.07, 6.45) is 7.96. The van der Waals surface area contributed by atoms with Gasteiger partial charge < -0.3 is 10.6 Å². The number of nitrogens with two attached hydrogens (primary N) is 1. The molecule has 1 heterocycles. The average molecular weight is 233 g/mol. The van der Waals surface area contributed by atoms with Crippen LogP contribution in [0.2, 0.25) is 0 Å². The van der Waals surface area contributed by atoms with Gasteiger partial charge in [-0.25, -0.2) is 0 Å². The summed E-state index contributed by atoms with van der Waals surface area (Å²) in [5.41, 5.74) is 7.53. The molecule has 1 aliphatic carbocycles. The molecular weight excluding hydrogens is 210 g/mol. The van der Waals surface area contributed by atoms with Crippen LogP contribution in [0.3, 0.4) is 0 Å². The zero-order valence-corrected chi connectivity index (χ0v) is 10.6. The summed E-state index contributed by atoms with van der Waals surface area (Å²) in [6, 6.07) is 2.62. The number of likely N-dealkylation sites (tertiary alicyclic amines) is 1. The summed E-state index contributed by atoms with van der Waals surface area (Å²) in [5.74, 6) is 0. The molecule has 2 aliphatic rings. The third-order valence-electron chi connectivity index (χ3n) is 4.65. The second-order valence-electron chi connectivity index (χ2n) is 5.73. The number of allylic oxidation sites excluding steroid dienone is 1. The normalized spacial score (nSPS) is 24.6. The van der Waals surface area contributed by atoms with Crippen molar-refractivity contribution in [2.45, 2.75) is 51.0 Å². The molecule has 0 unspecified atom stereocenters. The van der Waals surface area contributed by atoms with E-state index in [9.17, 15) is 0 Å². The summed E-state index contributed by atoms with van der Waals surface area (Å²) >= 11 is 0. The molecule has 1 saturated heterocycles. The van der Waals surface area contributed by atoms with E-state index in [0.717, 1.165) is 18.8 Å². The van der Waals surface area contributed by atoms with Gasteiger partial charge in [0.25, 0.3) is 0 Å². The Bertz CT molecular complexity index is 311. The first-order chi connectivity index (χ1) is 8.15. The van der Waals surface area contributed by atoms with Crippen molar-refractivity contribution < 1.29 is 0 Å². The fourth-order valence-electron chi connectivity index (χ4n) is 3.25. The number of nitrogens with zero attached hydrogens (tertiary/aromatic N) is 2. The Balaban J connectivity index is 1.85. The number of hydrogen-bond acceptors (Lipinski definition) is 3. The molecule has 0 aromatic carbocycles. The Hall–Kier alpha value is -1.01. The summed E-state index contributed by atoms with van der Waals surface area (Å²) < 4.78 is 0. The quantitative estimate of drug-likeness (QED) is 0.796. The summed E-state index contributed by atoms with van der Waals surface area (Å²) in [6.45, 7) is 6.16. The predicted octanol–water partition coefficient (Wildman–Crippen LogP) is 2.40. The topological polar surface area (TPSA) is 53.0 Å². The molecule has 1 aliphatic heterocycles. The molecule has 94 valence electrons. The van der Waals surface area contributed by atoms with E-state index >= 15 is 0 Å². The average Bonchev–Trinajstić information content (AvgIpc) is 2.35. The van der Waals surface area contributed by atoms with Crippen LogP contribution in [-0.2, 0) is 0 Å². The van der Waals surface area contributed by atoms with Crippen LogP contribution < -0.4 is 5.73 Å². The van der Waals surface area contributed by atoms with Crippen molar-refractivity contribution >= 4 is 0 Å². The number of rotatable bonds is 2. The molecule has 0 aromatic rings. The van der Waals surface area contributed by atoms with Gasteiger partial charge >= 0.3 is 0 Å². The third kappa shape index (κ3) is 2.81. The maximum absolute atomic E-state index is 8.69. The lowest BCUT2D eigenvalue weighted by Crippen LogP contribution is -2.43. The molecule has 0 bridgehead atoms. The lowest BCUT2D eigenvalue weighted by atomic mass is 9.67. The van der Waals surface area contributed by atoms with Crippen LogP contribution >= 0.6 is 0 Å². The Labute approximate surface area is 104 Å². The van der Waals surface area contributed by atoms with Crippen molar-refractivity contribution in [2.24, 2.45) is 11.1 Å². The highest BCUT2D eigenvalue weighted by atomic mass is 15.1. The zero-order valence-electron chi connectivity index (χ0n) is 10.6. The van der Waals surface area contributed by atoms with Crippen LogP contribution in [0.4, 0.5) is 0 Å². The Kier molecular flexibility index (Phi) is 3.73. The fourth-order valence-corrected chi connectivity index (χ4v) is 3.25. The molecule has 3 heteroatoms. The first kappa shape index (κ1) is 12.4. The minimum absolute atomic E-state index is 0.437. The van der Waals surface area contributed by atoms with Crippen molar-refractivity contribution in [3.8, 4) is 6.07 Å². The largest absolute Gasteiger partial charge is 0.374 e. The molecule has 0 atom stereocenters. The number of piperidine rings is 1. The van der Waals surface area contributed by atoms with Gasteiger partial charge in [0.15, 0.2) is 0 Å². The van der Waals surface area contributed by atoms with Crippen LogP contribution in [0, 0.1) is 16.7 Å². The summed E-state index contributed by atoms with van der Waals surface area (Å²) in [5, 5.41) is 8.69. The van der Waals surface area contributed by atoms with E-state index < -0.39 is 0 Å². The van der Waals surface area contributed by atoms with Gasteiger partial charge in [-0.3, -0.25) is 0 Å². The van der Waals surface area contributed by atoms with Crippen molar-refractivity contribution in [1.82, 2.24) is 4.90 Å². The minimum Gasteiger partial charge on any atom is -0.374 e. The summed E-state index contributed by atoms with van der Waals surface area (Å²) in [4.78, 5) is 2.29. The van der Waals surface area contributed by atoms with Gasteiger partial charge in [0, 0.05) is 24.8 Å². The molecule has 17 heavy (non-hydrogen) atoms. The first-order valence-corrected chi connectivity index (χ1v) is 6.70. The van der Waals surface area contributed by atoms with Gasteiger partial charge in [0.05, 0.1) is 12.5 Å². The maximum atomic E-state index is 8.69. The van der Waals surface area contributed by atoms with Crippen LogP contribution in [0.25, 0.3) is 0 Å². The smallest absolute Gasteiger partial charge is 0.0745 e. The van der Waals surface area contributed by atoms with E-state index in [0.29, 0.717) is 17.9 Å². The van der Waals surface area contributed by atoms with E-state index in [1.54, 1.807) is 0 Å². The van der Waals surface area contributed by atoms with Crippen LogP contribution in [-0.4, -0.2) is 24.0 Å². The van der Waals surface area contributed by atoms with Gasteiger partial charge in [0.2, 0.25) is 0 Å². The standard InChI is InChI=1S/C14H23N3/c1-12(4-9-15)17-10-7-14(8-11-17)5-2-13(16)3-6-14/h13H,1-8,10-11,16H2. The van der Waals surface area contributed by atoms with Crippen molar-refractivity contribution in [2.75, 3.05) is 13.1 Å². The summed E-state index contributed by atoms with van der Waals surface area (Å²) in [7, 11) is 0. The lowest BCUT2D eigenvalue weighted by Gasteiger charge is -2.46. The van der Waals surface area contributed by atoms with Gasteiger partial charge in [-0.2, -0.15) is 5.26 Å². The predicted molar refractivity (Wildman–Crippen MR) is 69.1 cm³/mol. The van der Waals surface area contributed by atoms with Crippen molar-refractivity contribution in [3.05, 3.63) is 12.3 Å². The van der Waals surface area contributed by atoms with Gasteiger partial charge in [-0.05, 0) is 43.9 Å². The highest BCUT2D eigenvalue weighted by Gasteiger charge is 2.37. The molecule has 2 fully saturated rings. The highest BCUT2D eigenvalue weighted by molar-refractivity contribution is 5.04. The van der Waals surface area contributed by atoms with Crippen LogP contribution in [0.5, 0.6) is 0 Å². The molecule has 0 aromatic heterocycles. The second-order valence-corrected chi connectivity index (χ2v) is 5.73. The van der Waals surface area contributed by atoms with Crippen LogP contribution in [0.1, 0.15) is 44.9 Å². The van der Waals surface area contributed by atoms with E-state index in [-0.39, 0.29) is 0 Å². The Morgan fingerprint density at radius 1 is 1.29 bits per heavy atom. The monoisotopic (exact) mass is 233 g/mol. The lowest BCUT2D eigenvalue weighted by molar-refractivity contribution is 0.0774. The Morgan fingerprint density at radius 3 is 2.41 bits per heavy atom. The van der Waals surface area contributed by atoms with Crippen LogP contribution in [0.15, 0.2) is 12.3 Å². The fraction of sp³-hybridized carbons (Fsp3) is 0.786. The van der Waals surface area contributed by atoms with E-state index in [1.807, 2.05) is 0 Å². The first-order valence-electron chi connectivity index (χ1n) is 6.70. The number of hydrogen-bond donors (Lipinski definition) is 1. The van der Waals surface area contributed by atoms with E-state index in [4.69, 9.17) is 11.0 Å². The molecule has 2 N–H and O–H groups in total. The van der Waals surface area contributed by atoms with Crippen molar-refractivity contribution in [1.29, 1.82) is 5.26 Å². The molecule has 2 rings (SSSR count). The number of nitriles is 1. The third-order valence-corrected chi connectivity index (χ3v) is 4.65. The highest BCUT2D eigenvalue weighted by Crippen LogP contribution is 2.44. The van der Waals surface area contributed by atoms with Crippen molar-refractivity contribution in [3.63, 3.8) is 0 Å². The van der Waals surface area contributed by atoms with Gasteiger partial charge in [-0.15, -0.1) is 0 Å². The SMILES string of the molecule is C=C(CC#N)N1CCC2(CCC(N)CC2)CC1. The molecule has 1 saturated carbocycles. The molecule has 0 radical (unpaired) electrons. The second kappa shape index (κ2) is 5.10. The Morgan fingerprint density at radius 2 is 1.88 bits per heavy atom. The van der Waals surface area contributed by atoms with E-state index in [1.165, 1.54) is 38.5 Å². The molecule has 3 nitrogen and oxygen atoms in total. The van der Waals surface area contributed by atoms with E-state index in [2.05, 4.69) is 17.5 Å². The zero-order chi connectivity index (χ0) is 12.3. The van der Waals surface area contributed by atoms with Gasteiger partial charge in [0.1, 0.15) is 0 Å². The van der Waals surface area contributed by atoms with Gasteiger partial charge in [-0.1, -0.05) is 6.58 Å². The molecule has 1 spiro atoms.